The Morgan fingerprint density at radius 3 is 2.41 bits per heavy atom. The third-order valence-electron chi connectivity index (χ3n) is 5.48. The summed E-state index contributed by atoms with van der Waals surface area (Å²) in [5.41, 5.74) is 2.01. The molecule has 5 heteroatoms. The molecule has 2 aromatic rings. The first-order chi connectivity index (χ1) is 14.0. The van der Waals surface area contributed by atoms with Gasteiger partial charge in [0.2, 0.25) is 0 Å². The van der Waals surface area contributed by atoms with E-state index in [1.54, 1.807) is 0 Å². The van der Waals surface area contributed by atoms with Crippen molar-refractivity contribution in [3.63, 3.8) is 0 Å². The van der Waals surface area contributed by atoms with Crippen molar-refractivity contribution in [2.75, 3.05) is 39.4 Å². The minimum absolute atomic E-state index is 0.108. The van der Waals surface area contributed by atoms with E-state index in [1.807, 2.05) is 31.2 Å². The molecule has 1 aliphatic heterocycles. The largest absolute Gasteiger partial charge is 0.490 e. The van der Waals surface area contributed by atoms with Gasteiger partial charge in [0.05, 0.1) is 6.61 Å². The summed E-state index contributed by atoms with van der Waals surface area (Å²) in [5.74, 6) is 1.51. The lowest BCUT2D eigenvalue weighted by atomic mass is 9.79. The maximum absolute atomic E-state index is 10.1. The summed E-state index contributed by atoms with van der Waals surface area (Å²) < 4.78 is 12.0. The molecule has 1 heterocycles. The van der Waals surface area contributed by atoms with Gasteiger partial charge in [-0.25, -0.2) is 0 Å². The highest BCUT2D eigenvalue weighted by atomic mass is 16.5. The van der Waals surface area contributed by atoms with Crippen LogP contribution in [0.5, 0.6) is 11.5 Å². The van der Waals surface area contributed by atoms with E-state index in [1.165, 1.54) is 0 Å². The second-order valence-corrected chi connectivity index (χ2v) is 8.25. The summed E-state index contributed by atoms with van der Waals surface area (Å²) >= 11 is 0. The summed E-state index contributed by atoms with van der Waals surface area (Å²) in [6.07, 6.45) is 0. The zero-order valence-corrected chi connectivity index (χ0v) is 17.9. The van der Waals surface area contributed by atoms with Gasteiger partial charge in [-0.05, 0) is 30.2 Å². The smallest absolute Gasteiger partial charge is 0.161 e. The molecule has 29 heavy (non-hydrogen) atoms. The molecule has 158 valence electrons. The van der Waals surface area contributed by atoms with E-state index in [-0.39, 0.29) is 18.1 Å². The van der Waals surface area contributed by atoms with Crippen LogP contribution in [0.1, 0.15) is 37.9 Å². The molecule has 1 atom stereocenters. The third kappa shape index (κ3) is 5.50. The van der Waals surface area contributed by atoms with Gasteiger partial charge >= 0.3 is 0 Å². The molecule has 2 aromatic carbocycles. The SMILES string of the molecule is CCOc1cc([C@@H](N2CCNCC2)C(C)(C)CO)ccc1OCc1ccccc1. The normalized spacial score (nSPS) is 16.4. The van der Waals surface area contributed by atoms with Crippen LogP contribution in [-0.4, -0.2) is 49.4 Å². The molecule has 0 unspecified atom stereocenters. The van der Waals surface area contributed by atoms with E-state index in [2.05, 4.69) is 48.3 Å². The van der Waals surface area contributed by atoms with Crippen molar-refractivity contribution in [3.8, 4) is 11.5 Å². The van der Waals surface area contributed by atoms with Crippen LogP contribution in [0.4, 0.5) is 0 Å². The first-order valence-corrected chi connectivity index (χ1v) is 10.5. The zero-order valence-electron chi connectivity index (χ0n) is 17.9. The first-order valence-electron chi connectivity index (χ1n) is 10.5. The predicted octanol–water partition coefficient (Wildman–Crippen LogP) is 3.63. The Bertz CT molecular complexity index is 758. The molecule has 0 amide bonds. The highest BCUT2D eigenvalue weighted by molar-refractivity contribution is 5.44. The van der Waals surface area contributed by atoms with E-state index in [0.29, 0.717) is 13.2 Å². The molecule has 0 spiro atoms. The van der Waals surface area contributed by atoms with Crippen LogP contribution in [0, 0.1) is 5.41 Å². The van der Waals surface area contributed by atoms with Crippen LogP contribution < -0.4 is 14.8 Å². The lowest BCUT2D eigenvalue weighted by molar-refractivity contribution is 0.0303. The minimum Gasteiger partial charge on any atom is -0.490 e. The van der Waals surface area contributed by atoms with Gasteiger partial charge in [0.25, 0.3) is 0 Å². The lowest BCUT2D eigenvalue weighted by Gasteiger charge is -2.43. The average Bonchev–Trinajstić information content (AvgIpc) is 2.75. The highest BCUT2D eigenvalue weighted by Crippen LogP contribution is 2.41. The van der Waals surface area contributed by atoms with Crippen LogP contribution in [0.3, 0.4) is 0 Å². The molecule has 5 nitrogen and oxygen atoms in total. The van der Waals surface area contributed by atoms with Gasteiger partial charge in [-0.15, -0.1) is 0 Å². The van der Waals surface area contributed by atoms with Crippen molar-refractivity contribution < 1.29 is 14.6 Å². The van der Waals surface area contributed by atoms with Crippen molar-refractivity contribution >= 4 is 0 Å². The van der Waals surface area contributed by atoms with Crippen molar-refractivity contribution in [1.29, 1.82) is 0 Å². The van der Waals surface area contributed by atoms with Gasteiger partial charge in [0.15, 0.2) is 11.5 Å². The quantitative estimate of drug-likeness (QED) is 0.676. The maximum Gasteiger partial charge on any atom is 0.161 e. The average molecular weight is 399 g/mol. The first kappa shape index (κ1) is 21.6. The van der Waals surface area contributed by atoms with Gasteiger partial charge in [-0.2, -0.15) is 0 Å². The fraction of sp³-hybridized carbons (Fsp3) is 0.500. The number of aliphatic hydroxyl groups excluding tert-OH is 1. The molecule has 0 bridgehead atoms. The molecule has 1 saturated heterocycles. The molecule has 0 aromatic heterocycles. The van der Waals surface area contributed by atoms with Crippen molar-refractivity contribution in [3.05, 3.63) is 59.7 Å². The number of nitrogens with one attached hydrogen (secondary N) is 1. The van der Waals surface area contributed by atoms with Crippen LogP contribution in [-0.2, 0) is 6.61 Å². The summed E-state index contributed by atoms with van der Waals surface area (Å²) in [5, 5.41) is 13.5. The van der Waals surface area contributed by atoms with Crippen molar-refractivity contribution in [2.45, 2.75) is 33.4 Å². The summed E-state index contributed by atoms with van der Waals surface area (Å²) in [4.78, 5) is 2.46. The Hall–Kier alpha value is -2.08. The van der Waals surface area contributed by atoms with E-state index in [4.69, 9.17) is 9.47 Å². The number of nitrogens with zero attached hydrogens (tertiary/aromatic N) is 1. The number of piperazine rings is 1. The van der Waals surface area contributed by atoms with Crippen LogP contribution in [0.2, 0.25) is 0 Å². The van der Waals surface area contributed by atoms with Crippen molar-refractivity contribution in [2.24, 2.45) is 5.41 Å². The summed E-state index contributed by atoms with van der Waals surface area (Å²) in [7, 11) is 0. The fourth-order valence-corrected chi connectivity index (χ4v) is 4.00. The predicted molar refractivity (Wildman–Crippen MR) is 116 cm³/mol. The molecule has 2 N–H and O–H groups in total. The Morgan fingerprint density at radius 2 is 1.76 bits per heavy atom. The number of ether oxygens (including phenoxy) is 2. The number of hydrogen-bond donors (Lipinski definition) is 2. The zero-order chi connectivity index (χ0) is 20.7. The van der Waals surface area contributed by atoms with E-state index in [0.717, 1.165) is 48.8 Å². The molecule has 0 saturated carbocycles. The molecule has 0 aliphatic carbocycles. The highest BCUT2D eigenvalue weighted by Gasteiger charge is 2.36. The Balaban J connectivity index is 1.87. The minimum atomic E-state index is -0.271. The Labute approximate surface area is 174 Å². The van der Waals surface area contributed by atoms with E-state index >= 15 is 0 Å². The fourth-order valence-electron chi connectivity index (χ4n) is 4.00. The molecular weight excluding hydrogens is 364 g/mol. The second kappa shape index (κ2) is 10.1. The van der Waals surface area contributed by atoms with Gasteiger partial charge in [0.1, 0.15) is 6.61 Å². The maximum atomic E-state index is 10.1. The number of hydrogen-bond acceptors (Lipinski definition) is 5. The van der Waals surface area contributed by atoms with E-state index < -0.39 is 0 Å². The number of rotatable bonds is 9. The lowest BCUT2D eigenvalue weighted by Crippen LogP contribution is -2.49. The standard InChI is InChI=1S/C24H34N2O3/c1-4-28-22-16-20(10-11-21(22)29-17-19-8-6-5-7-9-19)23(24(2,3)18-27)26-14-12-25-13-15-26/h5-11,16,23,25,27H,4,12-15,17-18H2,1-3H3/t23-/m1/s1. The Morgan fingerprint density at radius 1 is 1.03 bits per heavy atom. The number of aliphatic hydroxyl groups is 1. The molecular formula is C24H34N2O3. The number of benzene rings is 2. The van der Waals surface area contributed by atoms with Crippen LogP contribution in [0.15, 0.2) is 48.5 Å². The monoisotopic (exact) mass is 398 g/mol. The van der Waals surface area contributed by atoms with Crippen molar-refractivity contribution in [1.82, 2.24) is 10.2 Å². The van der Waals surface area contributed by atoms with Crippen LogP contribution in [0.25, 0.3) is 0 Å². The second-order valence-electron chi connectivity index (χ2n) is 8.25. The summed E-state index contributed by atoms with van der Waals surface area (Å²) in [6, 6.07) is 16.5. The Kier molecular flexibility index (Phi) is 7.53. The van der Waals surface area contributed by atoms with Gasteiger partial charge in [-0.1, -0.05) is 50.2 Å². The van der Waals surface area contributed by atoms with Gasteiger partial charge in [-0.3, -0.25) is 4.90 Å². The topological polar surface area (TPSA) is 54.0 Å². The summed E-state index contributed by atoms with van der Waals surface area (Å²) in [6.45, 7) is 11.3. The van der Waals surface area contributed by atoms with E-state index in [9.17, 15) is 5.11 Å². The molecule has 1 fully saturated rings. The third-order valence-corrected chi connectivity index (χ3v) is 5.48. The molecule has 1 aliphatic rings. The van der Waals surface area contributed by atoms with Gasteiger partial charge in [0, 0.05) is 44.2 Å². The molecule has 0 radical (unpaired) electrons. The molecule has 3 rings (SSSR count). The van der Waals surface area contributed by atoms with Crippen LogP contribution >= 0.6 is 0 Å². The van der Waals surface area contributed by atoms with Gasteiger partial charge < -0.3 is 19.9 Å².